The Hall–Kier alpha value is -0.870. The van der Waals surface area contributed by atoms with Crippen molar-refractivity contribution in [3.8, 4) is 0 Å². The highest BCUT2D eigenvalue weighted by Crippen LogP contribution is 2.31. The van der Waals surface area contributed by atoms with Gasteiger partial charge in [0.05, 0.1) is 11.8 Å². The highest BCUT2D eigenvalue weighted by Gasteiger charge is 2.35. The van der Waals surface area contributed by atoms with Crippen LogP contribution in [-0.2, 0) is 13.5 Å². The second-order valence-electron chi connectivity index (χ2n) is 4.43. The van der Waals surface area contributed by atoms with E-state index >= 15 is 0 Å². The molecule has 0 aliphatic heterocycles. The van der Waals surface area contributed by atoms with Crippen molar-refractivity contribution in [1.29, 1.82) is 0 Å². The SMILES string of the molecule is Cn1cc(CC2(O)CCC(N)C2)cn1. The van der Waals surface area contributed by atoms with Crippen molar-refractivity contribution < 1.29 is 5.11 Å². The molecule has 4 heteroatoms. The van der Waals surface area contributed by atoms with Crippen molar-refractivity contribution in [2.45, 2.75) is 37.3 Å². The average Bonchev–Trinajstić information content (AvgIpc) is 2.60. The largest absolute Gasteiger partial charge is 0.389 e. The van der Waals surface area contributed by atoms with Gasteiger partial charge in [0.2, 0.25) is 0 Å². The standard InChI is InChI=1S/C10H17N3O/c1-13-7-8(6-12-13)4-10(14)3-2-9(11)5-10/h6-7,9,14H,2-5,11H2,1H3. The molecule has 1 heterocycles. The minimum Gasteiger partial charge on any atom is -0.389 e. The molecule has 0 spiro atoms. The monoisotopic (exact) mass is 195 g/mol. The molecule has 2 unspecified atom stereocenters. The van der Waals surface area contributed by atoms with E-state index in [1.807, 2.05) is 19.4 Å². The van der Waals surface area contributed by atoms with Crippen LogP contribution in [0.2, 0.25) is 0 Å². The number of hydrogen-bond acceptors (Lipinski definition) is 3. The number of aliphatic hydroxyl groups is 1. The fourth-order valence-corrected chi connectivity index (χ4v) is 2.25. The molecule has 1 aliphatic rings. The summed E-state index contributed by atoms with van der Waals surface area (Å²) in [7, 11) is 1.88. The average molecular weight is 195 g/mol. The van der Waals surface area contributed by atoms with Crippen LogP contribution in [0, 0.1) is 0 Å². The molecular formula is C10H17N3O. The predicted molar refractivity (Wildman–Crippen MR) is 53.7 cm³/mol. The molecule has 1 aromatic heterocycles. The zero-order valence-corrected chi connectivity index (χ0v) is 8.48. The van der Waals surface area contributed by atoms with Gasteiger partial charge in [-0.3, -0.25) is 4.68 Å². The third kappa shape index (κ3) is 1.96. The Kier molecular flexibility index (Phi) is 2.33. The van der Waals surface area contributed by atoms with Crippen molar-refractivity contribution in [2.75, 3.05) is 0 Å². The number of rotatable bonds is 2. The fraction of sp³-hybridized carbons (Fsp3) is 0.700. The van der Waals surface area contributed by atoms with Crippen molar-refractivity contribution >= 4 is 0 Å². The van der Waals surface area contributed by atoms with Gasteiger partial charge in [-0.1, -0.05) is 0 Å². The molecule has 2 rings (SSSR count). The molecule has 0 radical (unpaired) electrons. The molecule has 1 saturated carbocycles. The maximum Gasteiger partial charge on any atom is 0.0704 e. The zero-order chi connectivity index (χ0) is 10.2. The van der Waals surface area contributed by atoms with E-state index in [1.165, 1.54) is 0 Å². The highest BCUT2D eigenvalue weighted by molar-refractivity contribution is 5.10. The topological polar surface area (TPSA) is 64.1 Å². The van der Waals surface area contributed by atoms with Crippen molar-refractivity contribution in [1.82, 2.24) is 9.78 Å². The minimum absolute atomic E-state index is 0.164. The zero-order valence-electron chi connectivity index (χ0n) is 8.48. The summed E-state index contributed by atoms with van der Waals surface area (Å²) >= 11 is 0. The summed E-state index contributed by atoms with van der Waals surface area (Å²) in [6.07, 6.45) is 6.87. The van der Waals surface area contributed by atoms with Crippen molar-refractivity contribution in [3.05, 3.63) is 18.0 Å². The minimum atomic E-state index is -0.595. The smallest absolute Gasteiger partial charge is 0.0704 e. The van der Waals surface area contributed by atoms with Gasteiger partial charge in [0.1, 0.15) is 0 Å². The van der Waals surface area contributed by atoms with Crippen LogP contribution >= 0.6 is 0 Å². The van der Waals surface area contributed by atoms with E-state index in [1.54, 1.807) is 4.68 Å². The van der Waals surface area contributed by atoms with Gasteiger partial charge in [0.15, 0.2) is 0 Å². The molecular weight excluding hydrogens is 178 g/mol. The maximum absolute atomic E-state index is 10.2. The summed E-state index contributed by atoms with van der Waals surface area (Å²) in [5.74, 6) is 0. The number of nitrogens with two attached hydrogens (primary N) is 1. The Balaban J connectivity index is 2.03. The predicted octanol–water partition coefficient (Wildman–Crippen LogP) is 0.205. The van der Waals surface area contributed by atoms with Gasteiger partial charge < -0.3 is 10.8 Å². The summed E-state index contributed by atoms with van der Waals surface area (Å²) in [5.41, 5.74) is 6.28. The number of hydrogen-bond donors (Lipinski definition) is 2. The van der Waals surface area contributed by atoms with E-state index in [4.69, 9.17) is 5.73 Å². The van der Waals surface area contributed by atoms with Gasteiger partial charge in [-0.25, -0.2) is 0 Å². The van der Waals surface area contributed by atoms with Crippen LogP contribution in [0.4, 0.5) is 0 Å². The lowest BCUT2D eigenvalue weighted by molar-refractivity contribution is 0.0468. The normalized spacial score (nSPS) is 32.4. The molecule has 2 atom stereocenters. The summed E-state index contributed by atoms with van der Waals surface area (Å²) < 4.78 is 1.76. The lowest BCUT2D eigenvalue weighted by Gasteiger charge is -2.21. The summed E-state index contributed by atoms with van der Waals surface area (Å²) in [5, 5.41) is 14.3. The summed E-state index contributed by atoms with van der Waals surface area (Å²) in [6.45, 7) is 0. The molecule has 0 bridgehead atoms. The number of aryl methyl sites for hydroxylation is 1. The Morgan fingerprint density at radius 2 is 2.57 bits per heavy atom. The van der Waals surface area contributed by atoms with Crippen LogP contribution in [0.3, 0.4) is 0 Å². The van der Waals surface area contributed by atoms with Gasteiger partial charge >= 0.3 is 0 Å². The molecule has 1 aliphatic carbocycles. The van der Waals surface area contributed by atoms with E-state index in [9.17, 15) is 5.11 Å². The van der Waals surface area contributed by atoms with Gasteiger partial charge in [0, 0.05) is 25.7 Å². The highest BCUT2D eigenvalue weighted by atomic mass is 16.3. The Bertz CT molecular complexity index is 323. The van der Waals surface area contributed by atoms with Crippen molar-refractivity contribution in [2.24, 2.45) is 12.8 Å². The van der Waals surface area contributed by atoms with Crippen LogP contribution in [0.25, 0.3) is 0 Å². The molecule has 1 fully saturated rings. The van der Waals surface area contributed by atoms with Crippen LogP contribution in [0.5, 0.6) is 0 Å². The Labute approximate surface area is 83.7 Å². The third-order valence-corrected chi connectivity index (χ3v) is 2.91. The van der Waals surface area contributed by atoms with E-state index in [-0.39, 0.29) is 6.04 Å². The van der Waals surface area contributed by atoms with Crippen LogP contribution < -0.4 is 5.73 Å². The van der Waals surface area contributed by atoms with Crippen molar-refractivity contribution in [3.63, 3.8) is 0 Å². The van der Waals surface area contributed by atoms with Gasteiger partial charge in [-0.05, 0) is 24.8 Å². The van der Waals surface area contributed by atoms with Crippen LogP contribution in [0.1, 0.15) is 24.8 Å². The van der Waals surface area contributed by atoms with Gasteiger partial charge in [-0.2, -0.15) is 5.10 Å². The number of aromatic nitrogens is 2. The molecule has 0 aromatic carbocycles. The lowest BCUT2D eigenvalue weighted by Crippen LogP contribution is -2.30. The second-order valence-corrected chi connectivity index (χ2v) is 4.43. The molecule has 4 nitrogen and oxygen atoms in total. The Morgan fingerprint density at radius 1 is 1.79 bits per heavy atom. The summed E-state index contributed by atoms with van der Waals surface area (Å²) in [4.78, 5) is 0. The molecule has 0 saturated heterocycles. The summed E-state index contributed by atoms with van der Waals surface area (Å²) in [6, 6.07) is 0.164. The first-order chi connectivity index (χ1) is 6.57. The molecule has 3 N–H and O–H groups in total. The fourth-order valence-electron chi connectivity index (χ4n) is 2.25. The molecule has 0 amide bonds. The third-order valence-electron chi connectivity index (χ3n) is 2.91. The first-order valence-corrected chi connectivity index (χ1v) is 5.03. The van der Waals surface area contributed by atoms with E-state index in [2.05, 4.69) is 5.10 Å². The van der Waals surface area contributed by atoms with E-state index < -0.39 is 5.60 Å². The second kappa shape index (κ2) is 3.37. The Morgan fingerprint density at radius 3 is 3.07 bits per heavy atom. The van der Waals surface area contributed by atoms with Crippen LogP contribution in [-0.4, -0.2) is 26.5 Å². The molecule has 14 heavy (non-hydrogen) atoms. The van der Waals surface area contributed by atoms with E-state index in [0.717, 1.165) is 18.4 Å². The first-order valence-electron chi connectivity index (χ1n) is 5.03. The van der Waals surface area contributed by atoms with Gasteiger partial charge in [-0.15, -0.1) is 0 Å². The lowest BCUT2D eigenvalue weighted by atomic mass is 9.94. The first kappa shape index (κ1) is 9.68. The van der Waals surface area contributed by atoms with E-state index in [0.29, 0.717) is 12.8 Å². The number of nitrogens with zero attached hydrogens (tertiary/aromatic N) is 2. The maximum atomic E-state index is 10.2. The van der Waals surface area contributed by atoms with Gasteiger partial charge in [0.25, 0.3) is 0 Å². The molecule has 78 valence electrons. The quantitative estimate of drug-likeness (QED) is 0.708. The molecule has 1 aromatic rings. The van der Waals surface area contributed by atoms with Crippen LogP contribution in [0.15, 0.2) is 12.4 Å².